The predicted molar refractivity (Wildman–Crippen MR) is 209 cm³/mol. The molecule has 0 spiro atoms. The molecule has 292 valence electrons. The highest BCUT2D eigenvalue weighted by Gasteiger charge is 2.43. The Hall–Kier alpha value is -3.58. The fourth-order valence-corrected chi connectivity index (χ4v) is 6.11. The third-order valence-corrected chi connectivity index (χ3v) is 9.29. The van der Waals surface area contributed by atoms with E-state index in [4.69, 9.17) is 25.8 Å². The zero-order valence-corrected chi connectivity index (χ0v) is 33.5. The van der Waals surface area contributed by atoms with Gasteiger partial charge in [0.05, 0.1) is 24.2 Å². The Morgan fingerprint density at radius 3 is 2.34 bits per heavy atom. The molecule has 0 aromatic heterocycles. The Balaban J connectivity index is 1.53. The fourth-order valence-electron chi connectivity index (χ4n) is 5.72. The number of aliphatic carboxylic acids is 1. The van der Waals surface area contributed by atoms with Gasteiger partial charge in [0, 0.05) is 30.8 Å². The molecule has 11 nitrogen and oxygen atoms in total. The number of epoxide rings is 1. The summed E-state index contributed by atoms with van der Waals surface area (Å²) in [5.41, 5.74) is 3.04. The number of carboxylic acid groups (broad SMARTS) is 1. The molecule has 3 rings (SSSR count). The highest BCUT2D eigenvalue weighted by atomic mass is 35.5. The van der Waals surface area contributed by atoms with E-state index in [1.165, 1.54) is 25.7 Å². The number of methoxy groups -OCH3 is 1. The van der Waals surface area contributed by atoms with E-state index in [2.05, 4.69) is 73.6 Å². The first-order valence-corrected chi connectivity index (χ1v) is 19.0. The van der Waals surface area contributed by atoms with E-state index in [1.54, 1.807) is 24.3 Å². The SMILES string of the molecule is COc1ccc(CC(NC(=O)C=CCCC(C)C2OC2c2ccc(CNCC(C)(C)S)cc2)C(=O)NCC(C)C(=O)OC(CC(C)C)C(=O)O)cc1Cl. The van der Waals surface area contributed by atoms with E-state index in [-0.39, 0.29) is 48.2 Å². The molecule has 0 saturated carbocycles. The van der Waals surface area contributed by atoms with Crippen molar-refractivity contribution < 1.29 is 38.5 Å². The lowest BCUT2D eigenvalue weighted by Gasteiger charge is -2.21. The summed E-state index contributed by atoms with van der Waals surface area (Å²) in [6.07, 6.45) is 3.84. The van der Waals surface area contributed by atoms with Gasteiger partial charge >= 0.3 is 11.9 Å². The van der Waals surface area contributed by atoms with Gasteiger partial charge < -0.3 is 35.3 Å². The van der Waals surface area contributed by atoms with Crippen molar-refractivity contribution in [2.45, 2.75) is 103 Å². The van der Waals surface area contributed by atoms with Gasteiger partial charge in [-0.25, -0.2) is 4.79 Å². The van der Waals surface area contributed by atoms with Crippen LogP contribution >= 0.6 is 24.2 Å². The molecular formula is C40H56ClN3O8S. The maximum absolute atomic E-state index is 13.4. The normalized spacial score (nSPS) is 17.8. The lowest BCUT2D eigenvalue weighted by Crippen LogP contribution is -2.49. The number of esters is 1. The summed E-state index contributed by atoms with van der Waals surface area (Å²) < 4.78 is 16.4. The van der Waals surface area contributed by atoms with Crippen molar-refractivity contribution in [3.8, 4) is 5.75 Å². The number of thiol groups is 1. The van der Waals surface area contributed by atoms with Gasteiger partial charge in [-0.05, 0) is 79.8 Å². The molecule has 2 aromatic rings. The Morgan fingerprint density at radius 2 is 1.74 bits per heavy atom. The van der Waals surface area contributed by atoms with Gasteiger partial charge in [0.2, 0.25) is 11.8 Å². The zero-order chi connectivity index (χ0) is 39.3. The van der Waals surface area contributed by atoms with Crippen LogP contribution in [-0.2, 0) is 41.6 Å². The quantitative estimate of drug-likeness (QED) is 0.0415. The lowest BCUT2D eigenvalue weighted by atomic mass is 9.96. The van der Waals surface area contributed by atoms with Crippen LogP contribution in [0.2, 0.25) is 5.02 Å². The first-order valence-electron chi connectivity index (χ1n) is 18.1. The number of nitrogens with one attached hydrogen (secondary N) is 3. The highest BCUT2D eigenvalue weighted by molar-refractivity contribution is 7.81. The van der Waals surface area contributed by atoms with Gasteiger partial charge in [0.25, 0.3) is 0 Å². The number of benzene rings is 2. The molecule has 4 N–H and O–H groups in total. The highest BCUT2D eigenvalue weighted by Crippen LogP contribution is 2.44. The minimum atomic E-state index is -1.28. The van der Waals surface area contributed by atoms with Gasteiger partial charge in [-0.2, -0.15) is 12.6 Å². The van der Waals surface area contributed by atoms with E-state index in [9.17, 15) is 24.3 Å². The summed E-state index contributed by atoms with van der Waals surface area (Å²) in [6, 6.07) is 12.6. The minimum Gasteiger partial charge on any atom is -0.495 e. The Kier molecular flexibility index (Phi) is 17.2. The number of hydrogen-bond donors (Lipinski definition) is 5. The lowest BCUT2D eigenvalue weighted by molar-refractivity contribution is -0.167. The summed E-state index contributed by atoms with van der Waals surface area (Å²) >= 11 is 10.9. The van der Waals surface area contributed by atoms with Gasteiger partial charge in [-0.15, -0.1) is 0 Å². The average Bonchev–Trinajstić information content (AvgIpc) is 3.89. The summed E-state index contributed by atoms with van der Waals surface area (Å²) in [5, 5.41) is 18.7. The summed E-state index contributed by atoms with van der Waals surface area (Å²) in [4.78, 5) is 50.6. The maximum Gasteiger partial charge on any atom is 0.345 e. The van der Waals surface area contributed by atoms with E-state index >= 15 is 0 Å². The number of ether oxygens (including phenoxy) is 3. The number of carbonyl (C=O) groups excluding carboxylic acids is 3. The van der Waals surface area contributed by atoms with E-state index in [0.29, 0.717) is 22.8 Å². The maximum atomic E-state index is 13.4. The number of hydrogen-bond acceptors (Lipinski definition) is 9. The average molecular weight is 774 g/mol. The van der Waals surface area contributed by atoms with Crippen LogP contribution in [0.5, 0.6) is 5.75 Å². The van der Waals surface area contributed by atoms with Gasteiger partial charge in [-0.1, -0.05) is 75.7 Å². The van der Waals surface area contributed by atoms with Crippen LogP contribution in [0.4, 0.5) is 0 Å². The van der Waals surface area contributed by atoms with Crippen LogP contribution in [0.15, 0.2) is 54.6 Å². The molecule has 1 fully saturated rings. The molecule has 53 heavy (non-hydrogen) atoms. The topological polar surface area (TPSA) is 156 Å². The first-order chi connectivity index (χ1) is 25.0. The molecule has 0 radical (unpaired) electrons. The molecule has 2 aromatic carbocycles. The van der Waals surface area contributed by atoms with Crippen LogP contribution in [0.3, 0.4) is 0 Å². The molecule has 1 aliphatic heterocycles. The predicted octanol–water partition coefficient (Wildman–Crippen LogP) is 6.08. The summed E-state index contributed by atoms with van der Waals surface area (Å²) in [5.74, 6) is -3.01. The van der Waals surface area contributed by atoms with Gasteiger partial charge in [0.1, 0.15) is 17.9 Å². The fraction of sp³-hybridized carbons (Fsp3) is 0.550. The van der Waals surface area contributed by atoms with Crippen molar-refractivity contribution in [2.75, 3.05) is 20.2 Å². The van der Waals surface area contributed by atoms with Crippen molar-refractivity contribution in [1.82, 2.24) is 16.0 Å². The molecular weight excluding hydrogens is 718 g/mol. The molecule has 1 heterocycles. The molecule has 0 aliphatic carbocycles. The standard InChI is InChI=1S/C40H56ClN3O8S/c1-24(2)18-33(38(47)48)51-39(49)26(4)21-43-37(46)31(20-28-14-17-32(50-7)30(41)19-28)44-34(45)11-9-8-10-25(3)35-36(52-35)29-15-12-27(13-16-29)22-42-23-40(5,6)53/h9,11-17,19,24-26,31,33,35-36,42,53H,8,10,18,20-23H2,1-7H3,(H,43,46)(H,44,45)(H,47,48). The molecule has 6 atom stereocenters. The van der Waals surface area contributed by atoms with Crippen molar-refractivity contribution in [3.63, 3.8) is 0 Å². The van der Waals surface area contributed by atoms with E-state index in [1.807, 2.05) is 13.8 Å². The second kappa shape index (κ2) is 20.8. The Bertz CT molecular complexity index is 1560. The zero-order valence-electron chi connectivity index (χ0n) is 31.8. The number of rotatable bonds is 22. The molecule has 0 bridgehead atoms. The van der Waals surface area contributed by atoms with Gasteiger partial charge in [0.15, 0.2) is 6.10 Å². The van der Waals surface area contributed by atoms with Crippen molar-refractivity contribution in [2.24, 2.45) is 17.8 Å². The monoisotopic (exact) mass is 773 g/mol. The number of carbonyl (C=O) groups is 4. The van der Waals surface area contributed by atoms with E-state index < -0.39 is 41.8 Å². The Labute approximate surface area is 324 Å². The van der Waals surface area contributed by atoms with Crippen molar-refractivity contribution in [3.05, 3.63) is 76.3 Å². The van der Waals surface area contributed by atoms with Gasteiger partial charge in [-0.3, -0.25) is 14.4 Å². The number of amides is 2. The number of allylic oxidation sites excluding steroid dienone is 1. The summed E-state index contributed by atoms with van der Waals surface area (Å²) in [7, 11) is 1.50. The summed E-state index contributed by atoms with van der Waals surface area (Å²) in [6.45, 7) is 13.0. The number of carboxylic acids is 1. The number of halogens is 1. The molecule has 1 saturated heterocycles. The second-order valence-corrected chi connectivity index (χ2v) is 16.5. The largest absolute Gasteiger partial charge is 0.495 e. The minimum absolute atomic E-state index is 0.00479. The van der Waals surface area contributed by atoms with Crippen molar-refractivity contribution in [1.29, 1.82) is 0 Å². The second-order valence-electron chi connectivity index (χ2n) is 14.9. The smallest absolute Gasteiger partial charge is 0.345 e. The van der Waals surface area contributed by atoms with Crippen LogP contribution in [-0.4, -0.2) is 72.1 Å². The van der Waals surface area contributed by atoms with Crippen LogP contribution in [0, 0.1) is 17.8 Å². The third-order valence-electron chi connectivity index (χ3n) is 8.83. The van der Waals surface area contributed by atoms with Crippen LogP contribution < -0.4 is 20.7 Å². The Morgan fingerprint density at radius 1 is 1.06 bits per heavy atom. The third kappa shape index (κ3) is 15.4. The molecule has 2 amide bonds. The first kappa shape index (κ1) is 43.8. The molecule has 13 heteroatoms. The molecule has 6 unspecified atom stereocenters. The van der Waals surface area contributed by atoms with Crippen LogP contribution in [0.25, 0.3) is 0 Å². The van der Waals surface area contributed by atoms with Crippen molar-refractivity contribution >= 4 is 48.0 Å². The van der Waals surface area contributed by atoms with E-state index in [0.717, 1.165) is 25.1 Å². The molecule has 1 aliphatic rings. The van der Waals surface area contributed by atoms with Crippen LogP contribution in [0.1, 0.15) is 83.6 Å².